The Labute approximate surface area is 114 Å². The minimum absolute atomic E-state index is 0.0130. The zero-order valence-electron chi connectivity index (χ0n) is 11.0. The van der Waals surface area contributed by atoms with Gasteiger partial charge in [-0.1, -0.05) is 30.0 Å². The Bertz CT molecular complexity index is 496. The van der Waals surface area contributed by atoms with Crippen molar-refractivity contribution in [1.29, 1.82) is 0 Å². The quantitative estimate of drug-likeness (QED) is 0.785. The van der Waals surface area contributed by atoms with Crippen molar-refractivity contribution in [3.8, 4) is 11.8 Å². The van der Waals surface area contributed by atoms with E-state index in [1.165, 1.54) is 0 Å². The summed E-state index contributed by atoms with van der Waals surface area (Å²) in [5, 5.41) is 2.95. The van der Waals surface area contributed by atoms with E-state index >= 15 is 0 Å². The SMILES string of the molecule is NCC#Cc1ccccc1CNC(=O)N1CCCC1. The molecule has 1 aliphatic heterocycles. The molecule has 2 rings (SSSR count). The van der Waals surface area contributed by atoms with E-state index in [1.807, 2.05) is 29.2 Å². The lowest BCUT2D eigenvalue weighted by Gasteiger charge is -2.16. The molecule has 0 aromatic heterocycles. The number of nitrogens with two attached hydrogens (primary N) is 1. The van der Waals surface area contributed by atoms with E-state index in [-0.39, 0.29) is 6.03 Å². The number of nitrogens with zero attached hydrogens (tertiary/aromatic N) is 1. The highest BCUT2D eigenvalue weighted by Crippen LogP contribution is 2.09. The first-order chi connectivity index (χ1) is 9.31. The highest BCUT2D eigenvalue weighted by molar-refractivity contribution is 5.74. The molecule has 19 heavy (non-hydrogen) atoms. The number of benzene rings is 1. The van der Waals surface area contributed by atoms with Crippen LogP contribution in [0, 0.1) is 11.8 Å². The molecule has 0 spiro atoms. The van der Waals surface area contributed by atoms with Crippen LogP contribution in [0.4, 0.5) is 4.79 Å². The van der Waals surface area contributed by atoms with E-state index < -0.39 is 0 Å². The van der Waals surface area contributed by atoms with Crippen LogP contribution in [0.1, 0.15) is 24.0 Å². The van der Waals surface area contributed by atoms with Crippen molar-refractivity contribution in [1.82, 2.24) is 10.2 Å². The highest BCUT2D eigenvalue weighted by Gasteiger charge is 2.17. The summed E-state index contributed by atoms with van der Waals surface area (Å²) in [6, 6.07) is 7.82. The van der Waals surface area contributed by atoms with Crippen LogP contribution in [0.2, 0.25) is 0 Å². The number of rotatable bonds is 2. The fourth-order valence-corrected chi connectivity index (χ4v) is 2.15. The minimum Gasteiger partial charge on any atom is -0.334 e. The van der Waals surface area contributed by atoms with Gasteiger partial charge in [-0.15, -0.1) is 0 Å². The smallest absolute Gasteiger partial charge is 0.317 e. The summed E-state index contributed by atoms with van der Waals surface area (Å²) in [6.07, 6.45) is 2.21. The maximum atomic E-state index is 11.9. The Balaban J connectivity index is 1.97. The first-order valence-corrected chi connectivity index (χ1v) is 6.61. The van der Waals surface area contributed by atoms with E-state index in [1.54, 1.807) is 0 Å². The third kappa shape index (κ3) is 3.73. The molecule has 0 bridgehead atoms. The van der Waals surface area contributed by atoms with E-state index in [0.29, 0.717) is 13.1 Å². The molecule has 3 N–H and O–H groups in total. The summed E-state index contributed by atoms with van der Waals surface area (Å²) in [5.41, 5.74) is 7.33. The number of carbonyl (C=O) groups is 1. The fraction of sp³-hybridized carbons (Fsp3) is 0.400. The van der Waals surface area contributed by atoms with Crippen molar-refractivity contribution < 1.29 is 4.79 Å². The average Bonchev–Trinajstić information content (AvgIpc) is 2.97. The fourth-order valence-electron chi connectivity index (χ4n) is 2.15. The molecule has 1 saturated heterocycles. The van der Waals surface area contributed by atoms with Gasteiger partial charge in [0.2, 0.25) is 0 Å². The molecule has 1 fully saturated rings. The van der Waals surface area contributed by atoms with Gasteiger partial charge in [0.25, 0.3) is 0 Å². The lowest BCUT2D eigenvalue weighted by Crippen LogP contribution is -2.37. The van der Waals surface area contributed by atoms with Crippen LogP contribution in [0.5, 0.6) is 0 Å². The van der Waals surface area contributed by atoms with Gasteiger partial charge < -0.3 is 16.0 Å². The van der Waals surface area contributed by atoms with Gasteiger partial charge >= 0.3 is 6.03 Å². The van der Waals surface area contributed by atoms with Gasteiger partial charge in [-0.3, -0.25) is 0 Å². The topological polar surface area (TPSA) is 58.4 Å². The van der Waals surface area contributed by atoms with Crippen LogP contribution < -0.4 is 11.1 Å². The molecule has 4 heteroatoms. The van der Waals surface area contributed by atoms with Gasteiger partial charge in [-0.05, 0) is 24.5 Å². The first kappa shape index (κ1) is 13.4. The number of likely N-dealkylation sites (tertiary alicyclic amines) is 1. The molecule has 0 aliphatic carbocycles. The van der Waals surface area contributed by atoms with Crippen molar-refractivity contribution in [2.24, 2.45) is 5.73 Å². The second-order valence-electron chi connectivity index (χ2n) is 4.52. The molecule has 1 aromatic carbocycles. The molecule has 0 unspecified atom stereocenters. The Morgan fingerprint density at radius 3 is 2.79 bits per heavy atom. The monoisotopic (exact) mass is 257 g/mol. The van der Waals surface area contributed by atoms with E-state index in [9.17, 15) is 4.79 Å². The maximum Gasteiger partial charge on any atom is 0.317 e. The summed E-state index contributed by atoms with van der Waals surface area (Å²) in [4.78, 5) is 13.8. The Morgan fingerprint density at radius 1 is 1.32 bits per heavy atom. The summed E-state index contributed by atoms with van der Waals surface area (Å²) >= 11 is 0. The minimum atomic E-state index is 0.0130. The van der Waals surface area contributed by atoms with Crippen molar-refractivity contribution >= 4 is 6.03 Å². The number of hydrogen-bond donors (Lipinski definition) is 2. The van der Waals surface area contributed by atoms with Crippen LogP contribution in [-0.2, 0) is 6.54 Å². The molecule has 0 atom stereocenters. The van der Waals surface area contributed by atoms with Crippen LogP contribution in [-0.4, -0.2) is 30.6 Å². The van der Waals surface area contributed by atoms with Gasteiger partial charge in [-0.2, -0.15) is 0 Å². The predicted molar refractivity (Wildman–Crippen MR) is 75.4 cm³/mol. The van der Waals surface area contributed by atoms with E-state index in [4.69, 9.17) is 5.73 Å². The lowest BCUT2D eigenvalue weighted by atomic mass is 10.1. The third-order valence-electron chi connectivity index (χ3n) is 3.17. The molecule has 2 amide bonds. The van der Waals surface area contributed by atoms with Crippen LogP contribution in [0.3, 0.4) is 0 Å². The molecular formula is C15H19N3O. The van der Waals surface area contributed by atoms with Gasteiger partial charge in [0.05, 0.1) is 6.54 Å². The molecule has 100 valence electrons. The first-order valence-electron chi connectivity index (χ1n) is 6.61. The number of carbonyl (C=O) groups excluding carboxylic acids is 1. The molecule has 1 aromatic rings. The van der Waals surface area contributed by atoms with Crippen LogP contribution in [0.15, 0.2) is 24.3 Å². The van der Waals surface area contributed by atoms with E-state index in [2.05, 4.69) is 17.2 Å². The molecule has 4 nitrogen and oxygen atoms in total. The van der Waals surface area contributed by atoms with Crippen LogP contribution in [0.25, 0.3) is 0 Å². The van der Waals surface area contributed by atoms with Crippen molar-refractivity contribution in [2.45, 2.75) is 19.4 Å². The average molecular weight is 257 g/mol. The van der Waals surface area contributed by atoms with Crippen molar-refractivity contribution in [3.05, 3.63) is 35.4 Å². The lowest BCUT2D eigenvalue weighted by molar-refractivity contribution is 0.208. The molecular weight excluding hydrogens is 238 g/mol. The van der Waals surface area contributed by atoms with Gasteiger partial charge in [0.1, 0.15) is 0 Å². The maximum absolute atomic E-state index is 11.9. The second kappa shape index (κ2) is 6.81. The number of urea groups is 1. The van der Waals surface area contributed by atoms with E-state index in [0.717, 1.165) is 37.1 Å². The molecule has 0 saturated carbocycles. The summed E-state index contributed by atoms with van der Waals surface area (Å²) < 4.78 is 0. The second-order valence-corrected chi connectivity index (χ2v) is 4.52. The molecule has 1 heterocycles. The molecule has 0 radical (unpaired) electrons. The number of amides is 2. The zero-order chi connectivity index (χ0) is 13.5. The Hall–Kier alpha value is -1.99. The number of nitrogens with one attached hydrogen (secondary N) is 1. The normalized spacial score (nSPS) is 13.8. The Kier molecular flexibility index (Phi) is 4.82. The standard InChI is InChI=1S/C15H19N3O/c16-9-5-8-13-6-1-2-7-14(13)12-17-15(19)18-10-3-4-11-18/h1-2,6-7H,3-4,9-12,16H2,(H,17,19). The van der Waals surface area contributed by atoms with Gasteiger partial charge in [-0.25, -0.2) is 4.79 Å². The third-order valence-corrected chi connectivity index (χ3v) is 3.17. The summed E-state index contributed by atoms with van der Waals surface area (Å²) in [5.74, 6) is 5.87. The summed E-state index contributed by atoms with van der Waals surface area (Å²) in [6.45, 7) is 2.57. The van der Waals surface area contributed by atoms with Crippen LogP contribution >= 0.6 is 0 Å². The summed E-state index contributed by atoms with van der Waals surface area (Å²) in [7, 11) is 0. The largest absolute Gasteiger partial charge is 0.334 e. The highest BCUT2D eigenvalue weighted by atomic mass is 16.2. The van der Waals surface area contributed by atoms with Gasteiger partial charge in [0.15, 0.2) is 0 Å². The Morgan fingerprint density at radius 2 is 2.05 bits per heavy atom. The van der Waals surface area contributed by atoms with Crippen molar-refractivity contribution in [2.75, 3.05) is 19.6 Å². The van der Waals surface area contributed by atoms with Crippen molar-refractivity contribution in [3.63, 3.8) is 0 Å². The molecule has 1 aliphatic rings. The zero-order valence-corrected chi connectivity index (χ0v) is 11.0. The number of hydrogen-bond acceptors (Lipinski definition) is 2. The van der Waals surface area contributed by atoms with Gasteiger partial charge in [0, 0.05) is 25.2 Å². The predicted octanol–water partition coefficient (Wildman–Crippen LogP) is 1.30.